The highest BCUT2D eigenvalue weighted by atomic mass is 16.2. The molecule has 0 atom stereocenters. The van der Waals surface area contributed by atoms with E-state index in [1.165, 1.54) is 5.56 Å². The Morgan fingerprint density at radius 1 is 1.00 bits per heavy atom. The topological polar surface area (TPSA) is 74.0 Å². The molecule has 1 aromatic heterocycles. The molecule has 122 valence electrons. The first kappa shape index (κ1) is 15.8. The predicted octanol–water partition coefficient (Wildman–Crippen LogP) is 2.87. The van der Waals surface area contributed by atoms with Crippen LogP contribution in [0.25, 0.3) is 10.9 Å². The Morgan fingerprint density at radius 2 is 1.75 bits per heavy atom. The summed E-state index contributed by atoms with van der Waals surface area (Å²) in [6.45, 7) is 2.02. The molecular weight excluding hydrogens is 302 g/mol. The van der Waals surface area contributed by atoms with Crippen LogP contribution in [0.2, 0.25) is 0 Å². The van der Waals surface area contributed by atoms with Gasteiger partial charge in [-0.1, -0.05) is 48.0 Å². The van der Waals surface area contributed by atoms with E-state index in [1.54, 1.807) is 6.20 Å². The van der Waals surface area contributed by atoms with Crippen LogP contribution in [0, 0.1) is 6.92 Å². The average molecular weight is 321 g/mol. The van der Waals surface area contributed by atoms with Crippen LogP contribution in [0.5, 0.6) is 0 Å². The maximum atomic E-state index is 12.2. The molecule has 0 radical (unpaired) electrons. The number of rotatable bonds is 4. The van der Waals surface area contributed by atoms with Crippen LogP contribution in [-0.4, -0.2) is 16.8 Å². The minimum Gasteiger partial charge on any atom is -0.360 e. The van der Waals surface area contributed by atoms with Gasteiger partial charge in [0.2, 0.25) is 5.91 Å². The molecule has 2 aromatic carbocycles. The number of aromatic amines is 1. The Bertz CT molecular complexity index is 866. The van der Waals surface area contributed by atoms with Gasteiger partial charge in [-0.25, -0.2) is 0 Å². The number of hydrogen-bond acceptors (Lipinski definition) is 2. The first-order valence-corrected chi connectivity index (χ1v) is 7.84. The Kier molecular flexibility index (Phi) is 4.61. The maximum Gasteiger partial charge on any atom is 0.271 e. The van der Waals surface area contributed by atoms with Crippen molar-refractivity contribution in [1.82, 2.24) is 15.8 Å². The molecule has 0 aliphatic heterocycles. The van der Waals surface area contributed by atoms with E-state index < -0.39 is 0 Å². The van der Waals surface area contributed by atoms with E-state index in [4.69, 9.17) is 0 Å². The van der Waals surface area contributed by atoms with Crippen molar-refractivity contribution in [2.75, 3.05) is 0 Å². The zero-order valence-electron chi connectivity index (χ0n) is 13.4. The Morgan fingerprint density at radius 3 is 2.54 bits per heavy atom. The lowest BCUT2D eigenvalue weighted by Gasteiger charge is -2.07. The van der Waals surface area contributed by atoms with Crippen LogP contribution in [0.4, 0.5) is 0 Å². The molecule has 5 nitrogen and oxygen atoms in total. The molecule has 0 aliphatic carbocycles. The van der Waals surface area contributed by atoms with Gasteiger partial charge < -0.3 is 4.98 Å². The number of H-pyrrole nitrogens is 1. The van der Waals surface area contributed by atoms with Gasteiger partial charge in [0.15, 0.2) is 0 Å². The third kappa shape index (κ3) is 3.63. The third-order valence-corrected chi connectivity index (χ3v) is 3.91. The maximum absolute atomic E-state index is 12.2. The summed E-state index contributed by atoms with van der Waals surface area (Å²) in [5.74, 6) is -0.556. The summed E-state index contributed by atoms with van der Waals surface area (Å²) in [4.78, 5) is 27.1. The summed E-state index contributed by atoms with van der Waals surface area (Å²) in [6.07, 6.45) is 2.59. The number of aromatic nitrogens is 1. The number of fused-ring (bicyclic) bond motifs is 1. The lowest BCUT2D eigenvalue weighted by Crippen LogP contribution is -2.41. The molecule has 0 saturated carbocycles. The van der Waals surface area contributed by atoms with Gasteiger partial charge >= 0.3 is 0 Å². The number of hydrazine groups is 1. The van der Waals surface area contributed by atoms with Gasteiger partial charge in [0.1, 0.15) is 0 Å². The molecule has 5 heteroatoms. The summed E-state index contributed by atoms with van der Waals surface area (Å²) in [7, 11) is 0. The molecule has 0 unspecified atom stereocenters. The van der Waals surface area contributed by atoms with E-state index in [2.05, 4.69) is 15.8 Å². The van der Waals surface area contributed by atoms with E-state index in [0.717, 1.165) is 16.5 Å². The molecule has 2 amide bonds. The zero-order chi connectivity index (χ0) is 16.9. The number of carbonyl (C=O) groups is 2. The second-order valence-electron chi connectivity index (χ2n) is 5.74. The van der Waals surface area contributed by atoms with Crippen LogP contribution in [-0.2, 0) is 11.2 Å². The lowest BCUT2D eigenvalue weighted by molar-refractivity contribution is -0.121. The van der Waals surface area contributed by atoms with Crippen LogP contribution in [0.3, 0.4) is 0 Å². The fourth-order valence-corrected chi connectivity index (χ4v) is 2.53. The van der Waals surface area contributed by atoms with Gasteiger partial charge in [0.25, 0.3) is 5.91 Å². The zero-order valence-corrected chi connectivity index (χ0v) is 13.4. The Balaban J connectivity index is 1.52. The molecule has 0 bridgehead atoms. The Labute approximate surface area is 140 Å². The van der Waals surface area contributed by atoms with E-state index >= 15 is 0 Å². The van der Waals surface area contributed by atoms with Gasteiger partial charge in [-0.3, -0.25) is 20.4 Å². The molecule has 0 aliphatic rings. The molecule has 3 rings (SSSR count). The minimum atomic E-state index is -0.337. The highest BCUT2D eigenvalue weighted by Gasteiger charge is 2.12. The molecule has 24 heavy (non-hydrogen) atoms. The van der Waals surface area contributed by atoms with Gasteiger partial charge in [-0.2, -0.15) is 0 Å². The highest BCUT2D eigenvalue weighted by Crippen LogP contribution is 2.17. The average Bonchev–Trinajstić information content (AvgIpc) is 3.03. The molecule has 3 N–H and O–H groups in total. The summed E-state index contributed by atoms with van der Waals surface area (Å²) < 4.78 is 0. The van der Waals surface area contributed by atoms with Crippen molar-refractivity contribution in [1.29, 1.82) is 0 Å². The third-order valence-electron chi connectivity index (χ3n) is 3.91. The van der Waals surface area contributed by atoms with E-state index in [0.29, 0.717) is 18.4 Å². The lowest BCUT2D eigenvalue weighted by atomic mass is 10.1. The van der Waals surface area contributed by atoms with Crippen molar-refractivity contribution in [3.63, 3.8) is 0 Å². The monoisotopic (exact) mass is 321 g/mol. The van der Waals surface area contributed by atoms with Crippen molar-refractivity contribution in [3.8, 4) is 0 Å². The smallest absolute Gasteiger partial charge is 0.271 e. The van der Waals surface area contributed by atoms with E-state index in [-0.39, 0.29) is 11.8 Å². The molecule has 3 aromatic rings. The molecule has 1 heterocycles. The first-order chi connectivity index (χ1) is 11.6. The number of amides is 2. The summed E-state index contributed by atoms with van der Waals surface area (Å²) in [6, 6.07) is 15.6. The number of carbonyl (C=O) groups excluding carboxylic acids is 2. The SMILES string of the molecule is Cc1ccc(CCC(=O)NNC(=O)c2c[nH]c3ccccc23)cc1. The molecule has 0 spiro atoms. The highest BCUT2D eigenvalue weighted by molar-refractivity contribution is 6.07. The van der Waals surface area contributed by atoms with Crippen molar-refractivity contribution < 1.29 is 9.59 Å². The molecular formula is C19H19N3O2. The Hall–Kier alpha value is -3.08. The number of para-hydroxylation sites is 1. The minimum absolute atomic E-state index is 0.219. The van der Waals surface area contributed by atoms with Crippen molar-refractivity contribution in [3.05, 3.63) is 71.4 Å². The first-order valence-electron chi connectivity index (χ1n) is 7.84. The van der Waals surface area contributed by atoms with E-state index in [1.807, 2.05) is 55.5 Å². The van der Waals surface area contributed by atoms with Gasteiger partial charge in [0.05, 0.1) is 5.56 Å². The number of benzene rings is 2. The second-order valence-corrected chi connectivity index (χ2v) is 5.74. The standard InChI is InChI=1S/C19H19N3O2/c1-13-6-8-14(9-7-13)10-11-18(23)21-22-19(24)16-12-20-17-5-3-2-4-15(16)17/h2-9,12,20H,10-11H2,1H3,(H,21,23)(H,22,24). The second kappa shape index (κ2) is 7.00. The van der Waals surface area contributed by atoms with E-state index in [9.17, 15) is 9.59 Å². The van der Waals surface area contributed by atoms with Crippen LogP contribution in [0.1, 0.15) is 27.9 Å². The van der Waals surface area contributed by atoms with Gasteiger partial charge in [0, 0.05) is 23.5 Å². The fourth-order valence-electron chi connectivity index (χ4n) is 2.53. The summed E-state index contributed by atoms with van der Waals surface area (Å²) in [5, 5.41) is 0.823. The van der Waals surface area contributed by atoms with Gasteiger partial charge in [-0.05, 0) is 25.0 Å². The number of hydrogen-bond donors (Lipinski definition) is 3. The van der Waals surface area contributed by atoms with Crippen molar-refractivity contribution in [2.45, 2.75) is 19.8 Å². The number of nitrogens with one attached hydrogen (secondary N) is 3. The molecule has 0 saturated heterocycles. The molecule has 0 fully saturated rings. The largest absolute Gasteiger partial charge is 0.360 e. The summed E-state index contributed by atoms with van der Waals surface area (Å²) in [5.41, 5.74) is 8.60. The van der Waals surface area contributed by atoms with Crippen LogP contribution in [0.15, 0.2) is 54.7 Å². The fraction of sp³-hybridized carbons (Fsp3) is 0.158. The van der Waals surface area contributed by atoms with Crippen LogP contribution >= 0.6 is 0 Å². The van der Waals surface area contributed by atoms with Crippen molar-refractivity contribution in [2.24, 2.45) is 0 Å². The van der Waals surface area contributed by atoms with Gasteiger partial charge in [-0.15, -0.1) is 0 Å². The summed E-state index contributed by atoms with van der Waals surface area (Å²) >= 11 is 0. The quantitative estimate of drug-likeness (QED) is 0.646. The van der Waals surface area contributed by atoms with Crippen molar-refractivity contribution >= 4 is 22.7 Å². The number of aryl methyl sites for hydroxylation is 2. The normalized spacial score (nSPS) is 10.5. The van der Waals surface area contributed by atoms with Crippen LogP contribution < -0.4 is 10.9 Å². The predicted molar refractivity (Wildman–Crippen MR) is 93.4 cm³/mol.